The molecule has 0 aliphatic heterocycles. The van der Waals surface area contributed by atoms with Crippen LogP contribution in [0.5, 0.6) is 0 Å². The minimum Gasteiger partial charge on any atom is -0.394 e. The molecular formula is C17H27NO2. The molecule has 0 radical (unpaired) electrons. The van der Waals surface area contributed by atoms with E-state index >= 15 is 0 Å². The fourth-order valence-corrected chi connectivity index (χ4v) is 2.48. The summed E-state index contributed by atoms with van der Waals surface area (Å²) in [4.78, 5) is 12.3. The van der Waals surface area contributed by atoms with Crippen molar-refractivity contribution in [1.82, 2.24) is 5.32 Å². The van der Waals surface area contributed by atoms with Gasteiger partial charge in [-0.25, -0.2) is 0 Å². The largest absolute Gasteiger partial charge is 0.394 e. The molecule has 0 saturated heterocycles. The summed E-state index contributed by atoms with van der Waals surface area (Å²) in [7, 11) is 0. The molecular weight excluding hydrogens is 250 g/mol. The van der Waals surface area contributed by atoms with E-state index in [2.05, 4.69) is 19.2 Å². The first-order valence-electron chi connectivity index (χ1n) is 7.66. The molecule has 112 valence electrons. The summed E-state index contributed by atoms with van der Waals surface area (Å²) in [6.07, 6.45) is 4.54. The molecule has 3 heteroatoms. The number of carbonyl (C=O) groups excluding carboxylic acids is 1. The fourth-order valence-electron chi connectivity index (χ4n) is 2.48. The lowest BCUT2D eigenvalue weighted by Gasteiger charge is -2.21. The van der Waals surface area contributed by atoms with Crippen LogP contribution in [0.25, 0.3) is 0 Å². The molecule has 0 heterocycles. The third-order valence-corrected chi connectivity index (χ3v) is 3.54. The second-order valence-corrected chi connectivity index (χ2v) is 5.35. The number of nitrogens with one attached hydrogen (secondary N) is 1. The smallest absolute Gasteiger partial charge is 0.223 e. The monoisotopic (exact) mass is 277 g/mol. The molecule has 20 heavy (non-hydrogen) atoms. The van der Waals surface area contributed by atoms with Crippen molar-refractivity contribution in [3.8, 4) is 0 Å². The average Bonchev–Trinajstić information content (AvgIpc) is 2.47. The number of aliphatic hydroxyl groups excluding tert-OH is 1. The van der Waals surface area contributed by atoms with Gasteiger partial charge in [0.1, 0.15) is 0 Å². The number of benzene rings is 1. The van der Waals surface area contributed by atoms with Gasteiger partial charge < -0.3 is 10.4 Å². The van der Waals surface area contributed by atoms with Crippen molar-refractivity contribution in [2.75, 3.05) is 6.61 Å². The Labute approximate surface area is 122 Å². The molecule has 1 aromatic rings. The van der Waals surface area contributed by atoms with E-state index in [-0.39, 0.29) is 24.5 Å². The molecule has 1 atom stereocenters. The number of rotatable bonds is 9. The van der Waals surface area contributed by atoms with Crippen LogP contribution in [0.4, 0.5) is 0 Å². The van der Waals surface area contributed by atoms with Gasteiger partial charge in [-0.3, -0.25) is 4.79 Å². The van der Waals surface area contributed by atoms with E-state index in [0.717, 1.165) is 31.2 Å². The molecule has 1 rings (SSSR count). The van der Waals surface area contributed by atoms with E-state index in [4.69, 9.17) is 0 Å². The lowest BCUT2D eigenvalue weighted by Crippen LogP contribution is -2.42. The highest BCUT2D eigenvalue weighted by Crippen LogP contribution is 2.14. The predicted molar refractivity (Wildman–Crippen MR) is 82.5 cm³/mol. The van der Waals surface area contributed by atoms with Crippen molar-refractivity contribution in [1.29, 1.82) is 0 Å². The predicted octanol–water partition coefficient (Wildman–Crippen LogP) is 2.92. The maximum atomic E-state index is 12.3. The van der Waals surface area contributed by atoms with Crippen molar-refractivity contribution >= 4 is 5.91 Å². The van der Waals surface area contributed by atoms with Gasteiger partial charge in [0.05, 0.1) is 12.6 Å². The third-order valence-electron chi connectivity index (χ3n) is 3.54. The molecule has 1 amide bonds. The summed E-state index contributed by atoms with van der Waals surface area (Å²) >= 11 is 0. The van der Waals surface area contributed by atoms with E-state index in [0.29, 0.717) is 6.42 Å². The number of amides is 1. The Kier molecular flexibility index (Phi) is 7.97. The second kappa shape index (κ2) is 9.54. The molecule has 0 bridgehead atoms. The number of carbonyl (C=O) groups is 1. The van der Waals surface area contributed by atoms with Gasteiger partial charge in [0, 0.05) is 5.92 Å². The molecule has 2 N–H and O–H groups in total. The summed E-state index contributed by atoms with van der Waals surface area (Å²) in [5.41, 5.74) is 1.13. The highest BCUT2D eigenvalue weighted by atomic mass is 16.3. The normalized spacial score (nSPS) is 12.4. The average molecular weight is 277 g/mol. The van der Waals surface area contributed by atoms with Crippen molar-refractivity contribution in [3.63, 3.8) is 0 Å². The van der Waals surface area contributed by atoms with Crippen LogP contribution in [0.1, 0.15) is 45.1 Å². The molecule has 0 aliphatic rings. The van der Waals surface area contributed by atoms with Crippen molar-refractivity contribution in [3.05, 3.63) is 35.9 Å². The molecule has 3 nitrogen and oxygen atoms in total. The van der Waals surface area contributed by atoms with Gasteiger partial charge in [-0.05, 0) is 24.8 Å². The van der Waals surface area contributed by atoms with Gasteiger partial charge in [-0.1, -0.05) is 57.0 Å². The van der Waals surface area contributed by atoms with Crippen molar-refractivity contribution < 1.29 is 9.90 Å². The van der Waals surface area contributed by atoms with Crippen LogP contribution < -0.4 is 5.32 Å². The highest BCUT2D eigenvalue weighted by Gasteiger charge is 2.19. The Balaban J connectivity index is 2.55. The number of aliphatic hydroxyl groups is 1. The first kappa shape index (κ1) is 16.7. The van der Waals surface area contributed by atoms with Crippen LogP contribution in [-0.4, -0.2) is 23.7 Å². The van der Waals surface area contributed by atoms with Crippen molar-refractivity contribution in [2.45, 2.75) is 52.0 Å². The molecule has 0 saturated carbocycles. The first-order chi connectivity index (χ1) is 9.71. The summed E-state index contributed by atoms with van der Waals surface area (Å²) < 4.78 is 0. The van der Waals surface area contributed by atoms with Crippen LogP contribution in [-0.2, 0) is 11.2 Å². The van der Waals surface area contributed by atoms with E-state index in [1.54, 1.807) is 0 Å². The summed E-state index contributed by atoms with van der Waals surface area (Å²) in [5.74, 6) is 0.165. The lowest BCUT2D eigenvalue weighted by atomic mass is 9.96. The van der Waals surface area contributed by atoms with E-state index in [1.807, 2.05) is 30.3 Å². The van der Waals surface area contributed by atoms with Crippen LogP contribution in [0.15, 0.2) is 30.3 Å². The SMILES string of the molecule is CCCC(CCC)C(=O)N[C@H](CO)Cc1ccccc1. The topological polar surface area (TPSA) is 49.3 Å². The van der Waals surface area contributed by atoms with Gasteiger partial charge in [0.15, 0.2) is 0 Å². The molecule has 1 aromatic carbocycles. The standard InChI is InChI=1S/C17H27NO2/c1-3-8-15(9-4-2)17(20)18-16(13-19)12-14-10-6-5-7-11-14/h5-7,10-11,15-16,19H,3-4,8-9,12-13H2,1-2H3,(H,18,20)/t16-/m0/s1. The first-order valence-corrected chi connectivity index (χ1v) is 7.66. The lowest BCUT2D eigenvalue weighted by molar-refractivity contribution is -0.126. The second-order valence-electron chi connectivity index (χ2n) is 5.35. The summed E-state index contributed by atoms with van der Waals surface area (Å²) in [5, 5.41) is 12.5. The maximum Gasteiger partial charge on any atom is 0.223 e. The third kappa shape index (κ3) is 5.74. The van der Waals surface area contributed by atoms with Gasteiger partial charge in [-0.15, -0.1) is 0 Å². The maximum absolute atomic E-state index is 12.3. The molecule has 0 aromatic heterocycles. The van der Waals surface area contributed by atoms with Crippen LogP contribution in [0.2, 0.25) is 0 Å². The zero-order valence-electron chi connectivity index (χ0n) is 12.6. The van der Waals surface area contributed by atoms with Crippen molar-refractivity contribution in [2.24, 2.45) is 5.92 Å². The molecule has 0 fully saturated rings. The van der Waals surface area contributed by atoms with E-state index < -0.39 is 0 Å². The number of hydrogen-bond donors (Lipinski definition) is 2. The number of hydrogen-bond acceptors (Lipinski definition) is 2. The van der Waals surface area contributed by atoms with Gasteiger partial charge in [0.25, 0.3) is 0 Å². The summed E-state index contributed by atoms with van der Waals surface area (Å²) in [6.45, 7) is 4.18. The van der Waals surface area contributed by atoms with Crippen LogP contribution in [0.3, 0.4) is 0 Å². The van der Waals surface area contributed by atoms with Crippen LogP contribution in [0, 0.1) is 5.92 Å². The van der Waals surface area contributed by atoms with Gasteiger partial charge >= 0.3 is 0 Å². The minimum atomic E-state index is -0.193. The molecule has 0 spiro atoms. The van der Waals surface area contributed by atoms with E-state index in [1.165, 1.54) is 0 Å². The van der Waals surface area contributed by atoms with E-state index in [9.17, 15) is 9.90 Å². The fraction of sp³-hybridized carbons (Fsp3) is 0.588. The Hall–Kier alpha value is -1.35. The molecule has 0 unspecified atom stereocenters. The Morgan fingerprint density at radius 3 is 2.25 bits per heavy atom. The van der Waals surface area contributed by atoms with Crippen LogP contribution >= 0.6 is 0 Å². The Morgan fingerprint density at radius 2 is 1.75 bits per heavy atom. The van der Waals surface area contributed by atoms with Gasteiger partial charge in [0.2, 0.25) is 5.91 Å². The zero-order chi connectivity index (χ0) is 14.8. The zero-order valence-corrected chi connectivity index (χ0v) is 12.6. The quantitative estimate of drug-likeness (QED) is 0.729. The molecule has 0 aliphatic carbocycles. The minimum absolute atomic E-state index is 0.0222. The summed E-state index contributed by atoms with van der Waals surface area (Å²) in [6, 6.07) is 9.76. The Morgan fingerprint density at radius 1 is 1.15 bits per heavy atom. The highest BCUT2D eigenvalue weighted by molar-refractivity contribution is 5.78. The Bertz CT molecular complexity index is 372. The van der Waals surface area contributed by atoms with Gasteiger partial charge in [-0.2, -0.15) is 0 Å².